The maximum atomic E-state index is 12.5. The fourth-order valence-corrected chi connectivity index (χ4v) is 2.17. The topological polar surface area (TPSA) is 20.3 Å². The minimum Gasteiger partial charge on any atom is -0.293 e. The highest BCUT2D eigenvalue weighted by Crippen LogP contribution is 2.30. The number of ketones is 1. The van der Waals surface area contributed by atoms with E-state index in [-0.39, 0.29) is 18.4 Å². The van der Waals surface area contributed by atoms with Crippen molar-refractivity contribution in [3.63, 3.8) is 0 Å². The van der Waals surface area contributed by atoms with Crippen LogP contribution in [0, 0.1) is 13.8 Å². The fraction of sp³-hybridized carbons (Fsp3) is 0.533. The molecule has 0 unspecified atom stereocenters. The van der Waals surface area contributed by atoms with Crippen LogP contribution in [-0.4, -0.2) is 36.0 Å². The van der Waals surface area contributed by atoms with Crippen molar-refractivity contribution in [2.75, 3.05) is 13.1 Å². The smallest absolute Gasteiger partial charge is 0.293 e. The molecule has 1 aromatic rings. The molecule has 1 aliphatic rings. The van der Waals surface area contributed by atoms with Crippen molar-refractivity contribution in [2.24, 2.45) is 0 Å². The Balaban J connectivity index is 2.06. The van der Waals surface area contributed by atoms with Gasteiger partial charge in [-0.3, -0.25) is 9.69 Å². The minimum absolute atomic E-state index is 0.0906. The predicted molar refractivity (Wildman–Crippen MR) is 70.9 cm³/mol. The third-order valence-electron chi connectivity index (χ3n) is 3.62. The number of halogens is 3. The molecule has 0 aromatic heterocycles. The number of carbonyl (C=O) groups excluding carboxylic acids is 1. The molecule has 110 valence electrons. The molecular weight excluding hydrogens is 267 g/mol. The third kappa shape index (κ3) is 4.07. The van der Waals surface area contributed by atoms with Crippen LogP contribution in [0.15, 0.2) is 18.2 Å². The number of aryl methyl sites for hydroxylation is 2. The molecule has 0 bridgehead atoms. The molecule has 1 fully saturated rings. The van der Waals surface area contributed by atoms with Crippen LogP contribution in [0.25, 0.3) is 0 Å². The van der Waals surface area contributed by atoms with Crippen molar-refractivity contribution in [2.45, 2.75) is 38.9 Å². The Hall–Kier alpha value is -1.36. The van der Waals surface area contributed by atoms with Crippen LogP contribution in [0.5, 0.6) is 0 Å². The van der Waals surface area contributed by atoms with Crippen LogP contribution in [0.2, 0.25) is 0 Å². The Labute approximate surface area is 116 Å². The number of hydrogen-bond donors (Lipinski definition) is 0. The summed E-state index contributed by atoms with van der Waals surface area (Å²) < 4.78 is 37.5. The van der Waals surface area contributed by atoms with E-state index in [9.17, 15) is 18.0 Å². The number of rotatable bonds is 5. The van der Waals surface area contributed by atoms with Gasteiger partial charge in [0, 0.05) is 11.6 Å². The normalized spacial score (nSPS) is 15.7. The van der Waals surface area contributed by atoms with E-state index in [0.29, 0.717) is 5.56 Å². The van der Waals surface area contributed by atoms with Crippen LogP contribution in [0.1, 0.15) is 34.3 Å². The first-order valence-corrected chi connectivity index (χ1v) is 6.67. The lowest BCUT2D eigenvalue weighted by Crippen LogP contribution is -2.39. The van der Waals surface area contributed by atoms with E-state index in [0.717, 1.165) is 24.0 Å². The first-order chi connectivity index (χ1) is 9.26. The summed E-state index contributed by atoms with van der Waals surface area (Å²) >= 11 is 0. The second kappa shape index (κ2) is 5.56. The molecule has 0 aliphatic heterocycles. The van der Waals surface area contributed by atoms with Crippen molar-refractivity contribution in [1.82, 2.24) is 4.90 Å². The second-order valence-corrected chi connectivity index (χ2v) is 5.47. The maximum absolute atomic E-state index is 12.5. The number of hydrogen-bond acceptors (Lipinski definition) is 2. The molecule has 2 rings (SSSR count). The highest BCUT2D eigenvalue weighted by atomic mass is 19.4. The van der Waals surface area contributed by atoms with E-state index in [1.54, 1.807) is 12.1 Å². The van der Waals surface area contributed by atoms with Gasteiger partial charge >= 0.3 is 6.18 Å². The van der Waals surface area contributed by atoms with Crippen LogP contribution in [-0.2, 0) is 0 Å². The van der Waals surface area contributed by atoms with Gasteiger partial charge in [0.15, 0.2) is 5.78 Å². The quantitative estimate of drug-likeness (QED) is 0.772. The van der Waals surface area contributed by atoms with Crippen molar-refractivity contribution < 1.29 is 18.0 Å². The molecule has 20 heavy (non-hydrogen) atoms. The molecule has 1 aromatic carbocycles. The maximum Gasteiger partial charge on any atom is 0.401 e. The summed E-state index contributed by atoms with van der Waals surface area (Å²) in [5.74, 6) is -0.246. The van der Waals surface area contributed by atoms with Gasteiger partial charge in [-0.2, -0.15) is 13.2 Å². The first kappa shape index (κ1) is 15.0. The number of Topliss-reactive ketones (excluding diaryl/α,β-unsaturated/α-hetero) is 1. The lowest BCUT2D eigenvalue weighted by atomic mass is 10.0. The van der Waals surface area contributed by atoms with E-state index in [1.165, 1.54) is 4.90 Å². The van der Waals surface area contributed by atoms with Crippen molar-refractivity contribution in [3.8, 4) is 0 Å². The highest BCUT2D eigenvalue weighted by Gasteiger charge is 2.38. The van der Waals surface area contributed by atoms with Gasteiger partial charge in [0.2, 0.25) is 0 Å². The Kier molecular flexibility index (Phi) is 4.18. The largest absolute Gasteiger partial charge is 0.401 e. The zero-order chi connectivity index (χ0) is 14.9. The molecule has 0 heterocycles. The Morgan fingerprint density at radius 3 is 2.40 bits per heavy atom. The molecule has 2 nitrogen and oxygen atoms in total. The Morgan fingerprint density at radius 1 is 1.25 bits per heavy atom. The lowest BCUT2D eigenvalue weighted by Gasteiger charge is -2.22. The van der Waals surface area contributed by atoms with Gasteiger partial charge in [-0.1, -0.05) is 12.1 Å². The molecule has 1 aliphatic carbocycles. The van der Waals surface area contributed by atoms with Gasteiger partial charge in [0.1, 0.15) is 0 Å². The Bertz CT molecular complexity index is 506. The zero-order valence-electron chi connectivity index (χ0n) is 11.6. The van der Waals surface area contributed by atoms with Gasteiger partial charge in [0.05, 0.1) is 13.1 Å². The molecular formula is C15H18F3NO. The van der Waals surface area contributed by atoms with Crippen molar-refractivity contribution >= 4 is 5.78 Å². The number of benzene rings is 1. The Morgan fingerprint density at radius 2 is 1.90 bits per heavy atom. The molecule has 0 saturated heterocycles. The van der Waals surface area contributed by atoms with Crippen molar-refractivity contribution in [3.05, 3.63) is 34.9 Å². The molecule has 0 atom stereocenters. The number of nitrogens with zero attached hydrogens (tertiary/aromatic N) is 1. The molecule has 1 saturated carbocycles. The van der Waals surface area contributed by atoms with Gasteiger partial charge in [-0.05, 0) is 43.9 Å². The van der Waals surface area contributed by atoms with E-state index in [4.69, 9.17) is 0 Å². The SMILES string of the molecule is Cc1ccc(C(=O)CN(CC(F)(F)F)C2CC2)cc1C. The monoisotopic (exact) mass is 285 g/mol. The van der Waals surface area contributed by atoms with Gasteiger partial charge in [-0.25, -0.2) is 0 Å². The first-order valence-electron chi connectivity index (χ1n) is 6.67. The standard InChI is InChI=1S/C15H18F3NO/c1-10-3-4-12(7-11(10)2)14(20)8-19(13-5-6-13)9-15(16,17)18/h3-4,7,13H,5-6,8-9H2,1-2H3. The summed E-state index contributed by atoms with van der Waals surface area (Å²) in [6, 6.07) is 5.17. The summed E-state index contributed by atoms with van der Waals surface area (Å²) in [6.07, 6.45) is -2.77. The predicted octanol–water partition coefficient (Wildman–Crippen LogP) is 3.51. The van der Waals surface area contributed by atoms with Gasteiger partial charge in [0.25, 0.3) is 0 Å². The summed E-state index contributed by atoms with van der Waals surface area (Å²) in [5, 5.41) is 0. The van der Waals surface area contributed by atoms with Crippen molar-refractivity contribution in [1.29, 1.82) is 0 Å². The number of carbonyl (C=O) groups is 1. The fourth-order valence-electron chi connectivity index (χ4n) is 2.17. The average Bonchev–Trinajstić information content (AvgIpc) is 3.14. The highest BCUT2D eigenvalue weighted by molar-refractivity contribution is 5.97. The van der Waals surface area contributed by atoms with E-state index < -0.39 is 12.7 Å². The molecule has 0 radical (unpaired) electrons. The van der Waals surface area contributed by atoms with Crippen LogP contribution in [0.4, 0.5) is 13.2 Å². The molecule has 0 amide bonds. The average molecular weight is 285 g/mol. The third-order valence-corrected chi connectivity index (χ3v) is 3.62. The second-order valence-electron chi connectivity index (χ2n) is 5.47. The molecule has 0 spiro atoms. The summed E-state index contributed by atoms with van der Waals surface area (Å²) in [7, 11) is 0. The van der Waals surface area contributed by atoms with Crippen LogP contribution < -0.4 is 0 Å². The van der Waals surface area contributed by atoms with Gasteiger partial charge < -0.3 is 0 Å². The van der Waals surface area contributed by atoms with Crippen LogP contribution >= 0.6 is 0 Å². The van der Waals surface area contributed by atoms with Gasteiger partial charge in [-0.15, -0.1) is 0 Å². The summed E-state index contributed by atoms with van der Waals surface area (Å²) in [4.78, 5) is 13.4. The minimum atomic E-state index is -4.26. The van der Waals surface area contributed by atoms with E-state index >= 15 is 0 Å². The van der Waals surface area contributed by atoms with Crippen LogP contribution in [0.3, 0.4) is 0 Å². The number of alkyl halides is 3. The summed E-state index contributed by atoms with van der Waals surface area (Å²) in [5.41, 5.74) is 2.53. The zero-order valence-corrected chi connectivity index (χ0v) is 11.6. The summed E-state index contributed by atoms with van der Waals surface area (Å²) in [6.45, 7) is 2.66. The molecule has 0 N–H and O–H groups in total. The lowest BCUT2D eigenvalue weighted by molar-refractivity contribution is -0.145. The van der Waals surface area contributed by atoms with E-state index in [1.807, 2.05) is 19.9 Å². The van der Waals surface area contributed by atoms with E-state index in [2.05, 4.69) is 0 Å². The molecule has 5 heteroatoms.